The summed E-state index contributed by atoms with van der Waals surface area (Å²) in [5.74, 6) is -0.513. The molecule has 2 aliphatic rings. The number of benzene rings is 1. The molecule has 1 atom stereocenters. The van der Waals surface area contributed by atoms with Crippen LogP contribution in [0.15, 0.2) is 24.3 Å². The standard InChI is InChI=1S/C15H15NO3/c16-10-11-1-3-12(4-2-11)13-9-15(6-5-14(13)17)18-7-8-19-15/h1-4,13H,5-9H2/t13-/m1/s1. The van der Waals surface area contributed by atoms with Crippen LogP contribution >= 0.6 is 0 Å². The van der Waals surface area contributed by atoms with Crippen LogP contribution in [0.4, 0.5) is 0 Å². The van der Waals surface area contributed by atoms with Gasteiger partial charge in [0.05, 0.1) is 24.8 Å². The van der Waals surface area contributed by atoms with E-state index in [1.54, 1.807) is 12.1 Å². The van der Waals surface area contributed by atoms with Gasteiger partial charge in [-0.25, -0.2) is 0 Å². The second kappa shape index (κ2) is 4.76. The van der Waals surface area contributed by atoms with E-state index in [0.717, 1.165) is 5.56 Å². The van der Waals surface area contributed by atoms with Gasteiger partial charge in [-0.15, -0.1) is 0 Å². The van der Waals surface area contributed by atoms with Gasteiger partial charge in [0.2, 0.25) is 0 Å². The molecule has 0 amide bonds. The number of Topliss-reactive ketones (excluding diaryl/α,β-unsaturated/α-hetero) is 1. The Labute approximate surface area is 111 Å². The van der Waals surface area contributed by atoms with Crippen LogP contribution in [-0.2, 0) is 14.3 Å². The van der Waals surface area contributed by atoms with Gasteiger partial charge in [0.25, 0.3) is 0 Å². The van der Waals surface area contributed by atoms with Gasteiger partial charge in [0.15, 0.2) is 5.79 Å². The zero-order valence-corrected chi connectivity index (χ0v) is 10.6. The average molecular weight is 257 g/mol. The van der Waals surface area contributed by atoms with E-state index in [1.165, 1.54) is 0 Å². The molecule has 1 heterocycles. The molecule has 0 radical (unpaired) electrons. The van der Waals surface area contributed by atoms with E-state index in [-0.39, 0.29) is 11.7 Å². The van der Waals surface area contributed by atoms with Crippen molar-refractivity contribution in [2.75, 3.05) is 13.2 Å². The summed E-state index contributed by atoms with van der Waals surface area (Å²) < 4.78 is 11.4. The number of nitriles is 1. The Bertz CT molecular complexity index is 523. The van der Waals surface area contributed by atoms with Crippen LogP contribution in [0.25, 0.3) is 0 Å². The smallest absolute Gasteiger partial charge is 0.169 e. The maximum Gasteiger partial charge on any atom is 0.169 e. The minimum absolute atomic E-state index is 0.181. The first-order valence-corrected chi connectivity index (χ1v) is 6.53. The SMILES string of the molecule is N#Cc1ccc([C@H]2CC3(CCC2=O)OCCO3)cc1. The molecule has 0 aromatic heterocycles. The van der Waals surface area contributed by atoms with Crippen LogP contribution in [0.1, 0.15) is 36.3 Å². The third kappa shape index (κ3) is 2.27. The Morgan fingerprint density at radius 2 is 1.89 bits per heavy atom. The van der Waals surface area contributed by atoms with Gasteiger partial charge in [0.1, 0.15) is 5.78 Å². The molecular formula is C15H15NO3. The summed E-state index contributed by atoms with van der Waals surface area (Å²) in [5, 5.41) is 8.80. The molecule has 3 rings (SSSR count). The number of ketones is 1. The minimum Gasteiger partial charge on any atom is -0.347 e. The van der Waals surface area contributed by atoms with Crippen molar-refractivity contribution >= 4 is 5.78 Å². The molecule has 1 aliphatic heterocycles. The molecular weight excluding hydrogens is 242 g/mol. The van der Waals surface area contributed by atoms with Crippen molar-refractivity contribution in [3.05, 3.63) is 35.4 Å². The number of hydrogen-bond acceptors (Lipinski definition) is 4. The first-order chi connectivity index (χ1) is 9.22. The van der Waals surface area contributed by atoms with Gasteiger partial charge in [-0.3, -0.25) is 4.79 Å². The molecule has 0 unspecified atom stereocenters. The van der Waals surface area contributed by atoms with E-state index in [2.05, 4.69) is 6.07 Å². The molecule has 1 aromatic carbocycles. The van der Waals surface area contributed by atoms with E-state index in [9.17, 15) is 4.79 Å². The molecule has 98 valence electrons. The Balaban J connectivity index is 1.85. The lowest BCUT2D eigenvalue weighted by Crippen LogP contribution is -2.39. The zero-order chi connectivity index (χ0) is 13.3. The predicted molar refractivity (Wildman–Crippen MR) is 67.4 cm³/mol. The number of ether oxygens (including phenoxy) is 2. The summed E-state index contributed by atoms with van der Waals surface area (Å²) in [6.45, 7) is 1.21. The van der Waals surface area contributed by atoms with E-state index < -0.39 is 5.79 Å². The molecule has 1 aromatic rings. The fraction of sp³-hybridized carbons (Fsp3) is 0.467. The molecule has 1 saturated carbocycles. The summed E-state index contributed by atoms with van der Waals surface area (Å²) in [6, 6.07) is 9.30. The van der Waals surface area contributed by atoms with Gasteiger partial charge in [-0.2, -0.15) is 5.26 Å². The van der Waals surface area contributed by atoms with Crippen molar-refractivity contribution in [1.29, 1.82) is 5.26 Å². The van der Waals surface area contributed by atoms with Gasteiger partial charge in [-0.1, -0.05) is 12.1 Å². The number of nitrogens with zero attached hydrogens (tertiary/aromatic N) is 1. The van der Waals surface area contributed by atoms with E-state index in [1.807, 2.05) is 12.1 Å². The largest absolute Gasteiger partial charge is 0.347 e. The zero-order valence-electron chi connectivity index (χ0n) is 10.6. The number of carbonyl (C=O) groups is 1. The molecule has 4 heteroatoms. The van der Waals surface area contributed by atoms with Crippen molar-refractivity contribution < 1.29 is 14.3 Å². The second-order valence-electron chi connectivity index (χ2n) is 5.06. The highest BCUT2D eigenvalue weighted by Gasteiger charge is 2.45. The van der Waals surface area contributed by atoms with Crippen molar-refractivity contribution in [2.45, 2.75) is 31.0 Å². The fourth-order valence-electron chi connectivity index (χ4n) is 2.87. The van der Waals surface area contributed by atoms with Crippen molar-refractivity contribution in [1.82, 2.24) is 0 Å². The van der Waals surface area contributed by atoms with Gasteiger partial charge in [0, 0.05) is 25.2 Å². The third-order valence-electron chi connectivity index (χ3n) is 3.91. The van der Waals surface area contributed by atoms with Crippen LogP contribution in [0.3, 0.4) is 0 Å². The Morgan fingerprint density at radius 1 is 1.21 bits per heavy atom. The molecule has 4 nitrogen and oxygen atoms in total. The van der Waals surface area contributed by atoms with Crippen LogP contribution in [0.5, 0.6) is 0 Å². The molecule has 0 N–H and O–H groups in total. The topological polar surface area (TPSA) is 59.3 Å². The van der Waals surface area contributed by atoms with Crippen molar-refractivity contribution in [3.8, 4) is 6.07 Å². The molecule has 0 bridgehead atoms. The van der Waals surface area contributed by atoms with Gasteiger partial charge >= 0.3 is 0 Å². The van der Waals surface area contributed by atoms with Crippen molar-refractivity contribution in [3.63, 3.8) is 0 Å². The Kier molecular flexibility index (Phi) is 3.09. The molecule has 2 fully saturated rings. The monoisotopic (exact) mass is 257 g/mol. The van der Waals surface area contributed by atoms with Crippen LogP contribution < -0.4 is 0 Å². The van der Waals surface area contributed by atoms with E-state index >= 15 is 0 Å². The summed E-state index contributed by atoms with van der Waals surface area (Å²) in [5.41, 5.74) is 1.55. The van der Waals surface area contributed by atoms with Gasteiger partial charge < -0.3 is 9.47 Å². The summed E-state index contributed by atoms with van der Waals surface area (Å²) in [7, 11) is 0. The molecule has 1 saturated heterocycles. The third-order valence-corrected chi connectivity index (χ3v) is 3.91. The molecule has 19 heavy (non-hydrogen) atoms. The molecule has 1 spiro atoms. The maximum atomic E-state index is 12.1. The van der Waals surface area contributed by atoms with E-state index in [0.29, 0.717) is 38.0 Å². The lowest BCUT2D eigenvalue weighted by molar-refractivity contribution is -0.183. The summed E-state index contributed by atoms with van der Waals surface area (Å²) in [6.07, 6.45) is 1.72. The predicted octanol–water partition coefficient (Wildman–Crippen LogP) is 2.14. The quantitative estimate of drug-likeness (QED) is 0.773. The van der Waals surface area contributed by atoms with Crippen LogP contribution in [0, 0.1) is 11.3 Å². The van der Waals surface area contributed by atoms with Gasteiger partial charge in [-0.05, 0) is 17.7 Å². The first-order valence-electron chi connectivity index (χ1n) is 6.53. The second-order valence-corrected chi connectivity index (χ2v) is 5.06. The van der Waals surface area contributed by atoms with Crippen LogP contribution in [0.2, 0.25) is 0 Å². The lowest BCUT2D eigenvalue weighted by atomic mass is 9.79. The highest BCUT2D eigenvalue weighted by atomic mass is 16.7. The average Bonchev–Trinajstić information content (AvgIpc) is 2.90. The first kappa shape index (κ1) is 12.3. The highest BCUT2D eigenvalue weighted by Crippen LogP contribution is 2.41. The highest BCUT2D eigenvalue weighted by molar-refractivity contribution is 5.86. The Morgan fingerprint density at radius 3 is 2.53 bits per heavy atom. The van der Waals surface area contributed by atoms with E-state index in [4.69, 9.17) is 14.7 Å². The number of rotatable bonds is 1. The lowest BCUT2D eigenvalue weighted by Gasteiger charge is -2.35. The minimum atomic E-state index is -0.563. The van der Waals surface area contributed by atoms with Crippen LogP contribution in [-0.4, -0.2) is 24.8 Å². The molecule has 1 aliphatic carbocycles. The van der Waals surface area contributed by atoms with Crippen molar-refractivity contribution in [2.24, 2.45) is 0 Å². The fourth-order valence-corrected chi connectivity index (χ4v) is 2.87. The summed E-state index contributed by atoms with van der Waals surface area (Å²) in [4.78, 5) is 12.1. The normalized spacial score (nSPS) is 25.4. The Hall–Kier alpha value is -1.70. The number of carbonyl (C=O) groups excluding carboxylic acids is 1. The number of hydrogen-bond donors (Lipinski definition) is 0. The maximum absolute atomic E-state index is 12.1. The summed E-state index contributed by atoms with van der Waals surface area (Å²) >= 11 is 0.